The summed E-state index contributed by atoms with van der Waals surface area (Å²) in [6.07, 6.45) is 2.63. The van der Waals surface area contributed by atoms with Crippen molar-refractivity contribution >= 4 is 28.9 Å². The Balaban J connectivity index is 2.13. The molecule has 4 heteroatoms. The number of aryl methyl sites for hydroxylation is 1. The molecule has 0 aliphatic carbocycles. The van der Waals surface area contributed by atoms with Crippen LogP contribution in [0.4, 0.5) is 0 Å². The molecule has 0 saturated carbocycles. The number of halogens is 1. The van der Waals surface area contributed by atoms with Gasteiger partial charge < -0.3 is 0 Å². The molecule has 1 aromatic heterocycles. The van der Waals surface area contributed by atoms with E-state index in [0.29, 0.717) is 5.56 Å². The molecule has 0 unspecified atom stereocenters. The predicted octanol–water partition coefficient (Wildman–Crippen LogP) is 4.26. The number of aldehydes is 1. The molecule has 0 aliphatic rings. The number of hydrogen-bond acceptors (Lipinski definition) is 2. The zero-order valence-corrected chi connectivity index (χ0v) is 13.6. The van der Waals surface area contributed by atoms with Gasteiger partial charge in [-0.05, 0) is 47.7 Å². The summed E-state index contributed by atoms with van der Waals surface area (Å²) < 4.78 is 2.83. The normalized spacial score (nSPS) is 10.6. The van der Waals surface area contributed by atoms with Crippen LogP contribution in [-0.4, -0.2) is 16.1 Å². The molecule has 0 N–H and O–H groups in total. The van der Waals surface area contributed by atoms with Gasteiger partial charge >= 0.3 is 0 Å². The molecule has 104 valence electrons. The monoisotopic (exact) mass is 388 g/mol. The number of aromatic nitrogens is 2. The van der Waals surface area contributed by atoms with E-state index in [1.807, 2.05) is 55.5 Å². The second kappa shape index (κ2) is 5.81. The van der Waals surface area contributed by atoms with Gasteiger partial charge in [0.2, 0.25) is 0 Å². The van der Waals surface area contributed by atoms with Crippen molar-refractivity contribution in [3.05, 3.63) is 69.4 Å². The lowest BCUT2D eigenvalue weighted by Gasteiger charge is -2.03. The Bertz CT molecular complexity index is 791. The lowest BCUT2D eigenvalue weighted by molar-refractivity contribution is 0.112. The van der Waals surface area contributed by atoms with Crippen LogP contribution in [0.3, 0.4) is 0 Å². The maximum Gasteiger partial charge on any atom is 0.153 e. The molecular weight excluding hydrogens is 375 g/mol. The zero-order valence-electron chi connectivity index (χ0n) is 11.5. The number of carbonyl (C=O) groups excluding carboxylic acids is 1. The van der Waals surface area contributed by atoms with E-state index in [-0.39, 0.29) is 0 Å². The fourth-order valence-electron chi connectivity index (χ4n) is 2.17. The van der Waals surface area contributed by atoms with E-state index in [0.717, 1.165) is 26.8 Å². The van der Waals surface area contributed by atoms with Gasteiger partial charge in [0.1, 0.15) is 5.69 Å². The first-order chi connectivity index (χ1) is 10.2. The molecule has 21 heavy (non-hydrogen) atoms. The van der Waals surface area contributed by atoms with E-state index >= 15 is 0 Å². The maximum absolute atomic E-state index is 11.4. The Morgan fingerprint density at radius 2 is 1.81 bits per heavy atom. The summed E-state index contributed by atoms with van der Waals surface area (Å²) in [6, 6.07) is 16.0. The second-order valence-electron chi connectivity index (χ2n) is 4.81. The first kappa shape index (κ1) is 14.0. The van der Waals surface area contributed by atoms with Crippen molar-refractivity contribution in [3.63, 3.8) is 0 Å². The van der Waals surface area contributed by atoms with Crippen LogP contribution in [0, 0.1) is 10.5 Å². The Kier molecular flexibility index (Phi) is 3.88. The lowest BCUT2D eigenvalue weighted by Crippen LogP contribution is -1.95. The molecule has 3 rings (SSSR count). The molecule has 0 amide bonds. The lowest BCUT2D eigenvalue weighted by atomic mass is 10.1. The number of carbonyl (C=O) groups is 1. The number of nitrogens with zero attached hydrogens (tertiary/aromatic N) is 2. The molecule has 0 spiro atoms. The molecule has 0 atom stereocenters. The smallest absolute Gasteiger partial charge is 0.153 e. The summed E-state index contributed by atoms with van der Waals surface area (Å²) in [4.78, 5) is 11.4. The van der Waals surface area contributed by atoms with Crippen molar-refractivity contribution in [3.8, 4) is 16.9 Å². The number of hydrogen-bond donors (Lipinski definition) is 0. The number of benzene rings is 2. The van der Waals surface area contributed by atoms with Crippen molar-refractivity contribution in [1.29, 1.82) is 0 Å². The Morgan fingerprint density at radius 1 is 1.10 bits per heavy atom. The second-order valence-corrected chi connectivity index (χ2v) is 5.97. The van der Waals surface area contributed by atoms with Gasteiger partial charge in [0.15, 0.2) is 6.29 Å². The maximum atomic E-state index is 11.4. The van der Waals surface area contributed by atoms with Crippen LogP contribution >= 0.6 is 22.6 Å². The fraction of sp³-hybridized carbons (Fsp3) is 0.0588. The minimum absolute atomic E-state index is 0.597. The highest BCUT2D eigenvalue weighted by Crippen LogP contribution is 2.27. The molecular formula is C17H13IN2O. The molecule has 3 aromatic rings. The van der Waals surface area contributed by atoms with Gasteiger partial charge in [0.05, 0.1) is 11.3 Å². The van der Waals surface area contributed by atoms with Gasteiger partial charge in [-0.3, -0.25) is 4.79 Å². The van der Waals surface area contributed by atoms with Crippen molar-refractivity contribution in [2.45, 2.75) is 6.92 Å². The number of rotatable bonds is 3. The average Bonchev–Trinajstić information content (AvgIpc) is 2.92. The van der Waals surface area contributed by atoms with Crippen molar-refractivity contribution in [2.75, 3.05) is 0 Å². The first-order valence-electron chi connectivity index (χ1n) is 6.56. The summed E-state index contributed by atoms with van der Waals surface area (Å²) in [5.74, 6) is 0. The van der Waals surface area contributed by atoms with E-state index in [1.54, 1.807) is 10.9 Å². The SMILES string of the molecule is Cc1ccc(-n2cc(C=O)c(-c3ccccc3I)n2)cc1. The van der Waals surface area contributed by atoms with Gasteiger partial charge in [-0.15, -0.1) is 0 Å². The van der Waals surface area contributed by atoms with E-state index in [1.165, 1.54) is 5.56 Å². The van der Waals surface area contributed by atoms with Gasteiger partial charge in [-0.25, -0.2) is 4.68 Å². The highest BCUT2D eigenvalue weighted by atomic mass is 127. The summed E-state index contributed by atoms with van der Waals surface area (Å²) in [6.45, 7) is 2.04. The standard InChI is InChI=1S/C17H13IN2O/c1-12-6-8-14(9-7-12)20-10-13(11-21)17(19-20)15-4-2-3-5-16(15)18/h2-11H,1H3. The van der Waals surface area contributed by atoms with E-state index in [9.17, 15) is 4.79 Å². The van der Waals surface area contributed by atoms with E-state index < -0.39 is 0 Å². The predicted molar refractivity (Wildman–Crippen MR) is 91.8 cm³/mol. The summed E-state index contributed by atoms with van der Waals surface area (Å²) in [7, 11) is 0. The third-order valence-electron chi connectivity index (χ3n) is 3.30. The van der Waals surface area contributed by atoms with Gasteiger partial charge in [0, 0.05) is 15.3 Å². The quantitative estimate of drug-likeness (QED) is 0.496. The average molecular weight is 388 g/mol. The van der Waals surface area contributed by atoms with Crippen molar-refractivity contribution < 1.29 is 4.79 Å². The van der Waals surface area contributed by atoms with Crippen LogP contribution < -0.4 is 0 Å². The van der Waals surface area contributed by atoms with Crippen LogP contribution in [0.1, 0.15) is 15.9 Å². The zero-order chi connectivity index (χ0) is 14.8. The highest BCUT2D eigenvalue weighted by Gasteiger charge is 2.13. The van der Waals surface area contributed by atoms with E-state index in [2.05, 4.69) is 27.7 Å². The minimum Gasteiger partial charge on any atom is -0.298 e. The van der Waals surface area contributed by atoms with Crippen molar-refractivity contribution in [2.24, 2.45) is 0 Å². The first-order valence-corrected chi connectivity index (χ1v) is 7.63. The Hall–Kier alpha value is -1.95. The molecule has 2 aromatic carbocycles. The molecule has 0 bridgehead atoms. The summed E-state index contributed by atoms with van der Waals surface area (Å²) in [5, 5.41) is 4.59. The Morgan fingerprint density at radius 3 is 2.48 bits per heavy atom. The molecule has 1 heterocycles. The third kappa shape index (κ3) is 2.76. The largest absolute Gasteiger partial charge is 0.298 e. The third-order valence-corrected chi connectivity index (χ3v) is 4.24. The van der Waals surface area contributed by atoms with Gasteiger partial charge in [-0.1, -0.05) is 35.9 Å². The van der Waals surface area contributed by atoms with Crippen LogP contribution in [0.25, 0.3) is 16.9 Å². The Labute approximate surface area is 136 Å². The summed E-state index contributed by atoms with van der Waals surface area (Å²) in [5.41, 5.74) is 4.43. The fourth-order valence-corrected chi connectivity index (χ4v) is 2.81. The van der Waals surface area contributed by atoms with Gasteiger partial charge in [-0.2, -0.15) is 5.10 Å². The topological polar surface area (TPSA) is 34.9 Å². The molecule has 0 saturated heterocycles. The molecule has 0 aliphatic heterocycles. The minimum atomic E-state index is 0.597. The van der Waals surface area contributed by atoms with Crippen LogP contribution in [0.5, 0.6) is 0 Å². The van der Waals surface area contributed by atoms with Crippen molar-refractivity contribution in [1.82, 2.24) is 9.78 Å². The highest BCUT2D eigenvalue weighted by molar-refractivity contribution is 14.1. The van der Waals surface area contributed by atoms with E-state index in [4.69, 9.17) is 0 Å². The van der Waals surface area contributed by atoms with Gasteiger partial charge in [0.25, 0.3) is 0 Å². The van der Waals surface area contributed by atoms with Crippen LogP contribution in [-0.2, 0) is 0 Å². The van der Waals surface area contributed by atoms with Crippen LogP contribution in [0.15, 0.2) is 54.7 Å². The summed E-state index contributed by atoms with van der Waals surface area (Å²) >= 11 is 2.26. The molecule has 0 radical (unpaired) electrons. The van der Waals surface area contributed by atoms with Crippen LogP contribution in [0.2, 0.25) is 0 Å². The molecule has 3 nitrogen and oxygen atoms in total. The molecule has 0 fully saturated rings.